The van der Waals surface area contributed by atoms with Gasteiger partial charge in [-0.1, -0.05) is 0 Å². The van der Waals surface area contributed by atoms with Crippen LogP contribution in [0.25, 0.3) is 0 Å². The van der Waals surface area contributed by atoms with Crippen LogP contribution in [0.5, 0.6) is 0 Å². The van der Waals surface area contributed by atoms with E-state index >= 15 is 0 Å². The average Bonchev–Trinajstić information content (AvgIpc) is 2.82. The summed E-state index contributed by atoms with van der Waals surface area (Å²) in [6, 6.07) is 1.84. The summed E-state index contributed by atoms with van der Waals surface area (Å²) < 4.78 is 0. The van der Waals surface area contributed by atoms with Gasteiger partial charge >= 0.3 is 0 Å². The Balaban J connectivity index is 1.87. The summed E-state index contributed by atoms with van der Waals surface area (Å²) in [4.78, 5) is 26.6. The Morgan fingerprint density at radius 2 is 2.00 bits per heavy atom. The van der Waals surface area contributed by atoms with E-state index in [0.29, 0.717) is 26.2 Å². The third-order valence-electron chi connectivity index (χ3n) is 2.81. The van der Waals surface area contributed by atoms with Crippen LogP contribution >= 0.6 is 11.3 Å². The van der Waals surface area contributed by atoms with Crippen LogP contribution in [0, 0.1) is 0 Å². The molecule has 2 amide bonds. The van der Waals surface area contributed by atoms with Crippen molar-refractivity contribution in [2.24, 2.45) is 5.73 Å². The molecule has 1 fully saturated rings. The van der Waals surface area contributed by atoms with Crippen LogP contribution in [0.1, 0.15) is 10.4 Å². The lowest BCUT2D eigenvalue weighted by molar-refractivity contribution is -0.119. The predicted molar refractivity (Wildman–Crippen MR) is 65.9 cm³/mol. The lowest BCUT2D eigenvalue weighted by Crippen LogP contribution is -2.50. The van der Waals surface area contributed by atoms with Gasteiger partial charge in [-0.3, -0.25) is 14.5 Å². The number of piperazine rings is 1. The van der Waals surface area contributed by atoms with Crippen LogP contribution in [0.2, 0.25) is 0 Å². The Bertz CT molecular complexity index is 397. The van der Waals surface area contributed by atoms with Crippen LogP contribution < -0.4 is 5.73 Å². The number of rotatable bonds is 3. The highest BCUT2D eigenvalue weighted by molar-refractivity contribution is 7.08. The van der Waals surface area contributed by atoms with Crippen molar-refractivity contribution >= 4 is 23.2 Å². The van der Waals surface area contributed by atoms with E-state index in [-0.39, 0.29) is 18.4 Å². The van der Waals surface area contributed by atoms with Crippen molar-refractivity contribution in [3.8, 4) is 0 Å². The molecule has 1 aliphatic heterocycles. The van der Waals surface area contributed by atoms with E-state index in [1.54, 1.807) is 0 Å². The second-order valence-electron chi connectivity index (χ2n) is 4.05. The Morgan fingerprint density at radius 1 is 1.29 bits per heavy atom. The van der Waals surface area contributed by atoms with Gasteiger partial charge in [0.05, 0.1) is 12.1 Å². The highest BCUT2D eigenvalue weighted by atomic mass is 32.1. The van der Waals surface area contributed by atoms with Gasteiger partial charge in [-0.05, 0) is 11.4 Å². The first-order valence-corrected chi connectivity index (χ1v) is 6.43. The Kier molecular flexibility index (Phi) is 3.75. The average molecular weight is 253 g/mol. The van der Waals surface area contributed by atoms with Gasteiger partial charge in [0.1, 0.15) is 0 Å². The maximum Gasteiger partial charge on any atom is 0.254 e. The molecular formula is C11H15N3O2S. The number of carbonyl (C=O) groups excluding carboxylic acids is 2. The molecule has 92 valence electrons. The molecule has 0 radical (unpaired) electrons. The molecule has 0 unspecified atom stereocenters. The van der Waals surface area contributed by atoms with Crippen molar-refractivity contribution in [2.75, 3.05) is 32.7 Å². The summed E-state index contributed by atoms with van der Waals surface area (Å²) in [7, 11) is 0. The van der Waals surface area contributed by atoms with E-state index in [0.717, 1.165) is 5.56 Å². The van der Waals surface area contributed by atoms with Crippen LogP contribution in [-0.4, -0.2) is 54.3 Å². The second-order valence-corrected chi connectivity index (χ2v) is 4.83. The standard InChI is InChI=1S/C11H15N3O2S/c12-10(15)7-13-2-4-14(5-3-13)11(16)9-1-6-17-8-9/h1,6,8H,2-5,7H2,(H2,12,15). The predicted octanol–water partition coefficient (Wildman–Crippen LogP) is -0.00880. The molecule has 2 N–H and O–H groups in total. The maximum atomic E-state index is 12.0. The van der Waals surface area contributed by atoms with Gasteiger partial charge < -0.3 is 10.6 Å². The van der Waals surface area contributed by atoms with Gasteiger partial charge in [-0.2, -0.15) is 11.3 Å². The van der Waals surface area contributed by atoms with Crippen LogP contribution in [0.3, 0.4) is 0 Å². The summed E-state index contributed by atoms with van der Waals surface area (Å²) in [5.74, 6) is -0.243. The molecule has 0 saturated carbocycles. The Morgan fingerprint density at radius 3 is 2.53 bits per heavy atom. The molecule has 1 aromatic rings. The largest absolute Gasteiger partial charge is 0.369 e. The number of thiophene rings is 1. The van der Waals surface area contributed by atoms with Gasteiger partial charge in [0.2, 0.25) is 5.91 Å². The van der Waals surface area contributed by atoms with Crippen molar-refractivity contribution in [1.29, 1.82) is 0 Å². The molecule has 2 heterocycles. The third kappa shape index (κ3) is 3.04. The summed E-state index contributed by atoms with van der Waals surface area (Å²) in [6.07, 6.45) is 0. The number of amides is 2. The maximum absolute atomic E-state index is 12.0. The minimum Gasteiger partial charge on any atom is -0.369 e. The third-order valence-corrected chi connectivity index (χ3v) is 3.49. The molecular weight excluding hydrogens is 238 g/mol. The molecule has 0 aromatic carbocycles. The minimum atomic E-state index is -0.317. The van der Waals surface area contributed by atoms with Gasteiger partial charge in [0.15, 0.2) is 0 Å². The first-order chi connectivity index (χ1) is 8.16. The molecule has 1 aromatic heterocycles. The van der Waals surface area contributed by atoms with Crippen molar-refractivity contribution in [1.82, 2.24) is 9.80 Å². The lowest BCUT2D eigenvalue weighted by Gasteiger charge is -2.33. The molecule has 1 aliphatic rings. The zero-order valence-corrected chi connectivity index (χ0v) is 10.3. The second kappa shape index (κ2) is 5.29. The van der Waals surface area contributed by atoms with Crippen molar-refractivity contribution in [2.45, 2.75) is 0 Å². The topological polar surface area (TPSA) is 66.6 Å². The molecule has 0 spiro atoms. The Hall–Kier alpha value is -1.40. The molecule has 0 atom stereocenters. The SMILES string of the molecule is NC(=O)CN1CCN(C(=O)c2ccsc2)CC1. The smallest absolute Gasteiger partial charge is 0.254 e. The van der Waals surface area contributed by atoms with E-state index in [9.17, 15) is 9.59 Å². The number of nitrogens with zero attached hydrogens (tertiary/aromatic N) is 2. The first-order valence-electron chi connectivity index (χ1n) is 5.49. The fourth-order valence-corrected chi connectivity index (χ4v) is 2.53. The zero-order chi connectivity index (χ0) is 12.3. The lowest BCUT2D eigenvalue weighted by atomic mass is 10.2. The summed E-state index contributed by atoms with van der Waals surface area (Å²) >= 11 is 1.52. The van der Waals surface area contributed by atoms with Gasteiger partial charge in [-0.15, -0.1) is 0 Å². The molecule has 6 heteroatoms. The van der Waals surface area contributed by atoms with Crippen molar-refractivity contribution in [3.63, 3.8) is 0 Å². The van der Waals surface area contributed by atoms with Gasteiger partial charge in [-0.25, -0.2) is 0 Å². The van der Waals surface area contributed by atoms with Gasteiger partial charge in [0.25, 0.3) is 5.91 Å². The van der Waals surface area contributed by atoms with Crippen LogP contribution in [0.4, 0.5) is 0 Å². The zero-order valence-electron chi connectivity index (χ0n) is 9.46. The van der Waals surface area contributed by atoms with E-state index in [1.807, 2.05) is 26.6 Å². The number of carbonyl (C=O) groups is 2. The van der Waals surface area contributed by atoms with Crippen LogP contribution in [-0.2, 0) is 4.79 Å². The van der Waals surface area contributed by atoms with E-state index in [1.165, 1.54) is 11.3 Å². The first kappa shape index (κ1) is 12.1. The van der Waals surface area contributed by atoms with Gasteiger partial charge in [0, 0.05) is 31.6 Å². The number of nitrogens with two attached hydrogens (primary N) is 1. The fourth-order valence-electron chi connectivity index (χ4n) is 1.90. The molecule has 0 bridgehead atoms. The minimum absolute atomic E-state index is 0.0741. The summed E-state index contributed by atoms with van der Waals surface area (Å²) in [6.45, 7) is 3.00. The quantitative estimate of drug-likeness (QED) is 0.824. The molecule has 17 heavy (non-hydrogen) atoms. The van der Waals surface area contributed by atoms with Crippen molar-refractivity contribution in [3.05, 3.63) is 22.4 Å². The number of hydrogen-bond donors (Lipinski definition) is 1. The number of primary amides is 1. The fraction of sp³-hybridized carbons (Fsp3) is 0.455. The Labute approximate surface area is 104 Å². The van der Waals surface area contributed by atoms with E-state index in [2.05, 4.69) is 0 Å². The molecule has 0 aliphatic carbocycles. The number of hydrogen-bond acceptors (Lipinski definition) is 4. The molecule has 1 saturated heterocycles. The van der Waals surface area contributed by atoms with Crippen LogP contribution in [0.15, 0.2) is 16.8 Å². The van der Waals surface area contributed by atoms with Crippen molar-refractivity contribution < 1.29 is 9.59 Å². The molecule has 5 nitrogen and oxygen atoms in total. The monoisotopic (exact) mass is 253 g/mol. The van der Waals surface area contributed by atoms with E-state index in [4.69, 9.17) is 5.73 Å². The molecule has 2 rings (SSSR count). The highest BCUT2D eigenvalue weighted by Crippen LogP contribution is 2.11. The van der Waals surface area contributed by atoms with E-state index < -0.39 is 0 Å². The summed E-state index contributed by atoms with van der Waals surface area (Å²) in [5.41, 5.74) is 5.88. The highest BCUT2D eigenvalue weighted by Gasteiger charge is 2.22. The normalized spacial score (nSPS) is 17.1. The summed E-state index contributed by atoms with van der Waals surface area (Å²) in [5, 5.41) is 3.76.